The molecule has 1 aliphatic carbocycles. The second-order valence-electron chi connectivity index (χ2n) is 8.44. The van der Waals surface area contributed by atoms with Crippen LogP contribution in [-0.4, -0.2) is 50.4 Å². The first-order valence-electron chi connectivity index (χ1n) is 10.9. The van der Waals surface area contributed by atoms with Crippen LogP contribution in [0.2, 0.25) is 0 Å². The predicted molar refractivity (Wildman–Crippen MR) is 125 cm³/mol. The first kappa shape index (κ1) is 23.6. The Morgan fingerprint density at radius 1 is 1.12 bits per heavy atom. The van der Waals surface area contributed by atoms with Crippen molar-refractivity contribution < 1.29 is 27.5 Å². The molecule has 0 unspecified atom stereocenters. The van der Waals surface area contributed by atoms with Crippen LogP contribution in [-0.2, 0) is 19.6 Å². The van der Waals surface area contributed by atoms with Crippen LogP contribution < -0.4 is 20.1 Å². The average molecular weight is 487 g/mol. The van der Waals surface area contributed by atoms with Gasteiger partial charge in [-0.3, -0.25) is 19.2 Å². The fourth-order valence-corrected chi connectivity index (χ4v) is 5.40. The third-order valence-corrected chi connectivity index (χ3v) is 7.51. The molecule has 11 heteroatoms. The summed E-state index contributed by atoms with van der Waals surface area (Å²) in [6.07, 6.45) is 2.81. The Kier molecular flexibility index (Phi) is 6.22. The average Bonchev–Trinajstić information content (AvgIpc) is 3.35. The standard InChI is InChI=1S/C23H26N4O6S/c1-15-9-10-16(34(31,32)26-17-7-3-4-8-19(17)33-2)13-18(15)24-20(28)14-27-21(29)23(25-22(27)30)11-5-6-12-23/h3-4,7-10,13,26H,5-6,11-12,14H2,1-2H3,(H,24,28)(H,25,30). The van der Waals surface area contributed by atoms with Crippen molar-refractivity contribution in [2.24, 2.45) is 0 Å². The first-order valence-corrected chi connectivity index (χ1v) is 12.3. The SMILES string of the molecule is COc1ccccc1NS(=O)(=O)c1ccc(C)c(NC(=O)CN2C(=O)NC3(CCCC3)C2=O)c1. The molecule has 1 heterocycles. The summed E-state index contributed by atoms with van der Waals surface area (Å²) in [5, 5.41) is 5.36. The van der Waals surface area contributed by atoms with Crippen LogP contribution in [0.15, 0.2) is 47.4 Å². The summed E-state index contributed by atoms with van der Waals surface area (Å²) in [7, 11) is -2.55. The quantitative estimate of drug-likeness (QED) is 0.515. The van der Waals surface area contributed by atoms with Crippen molar-refractivity contribution >= 4 is 39.2 Å². The molecule has 2 fully saturated rings. The highest BCUT2D eigenvalue weighted by Gasteiger charge is 2.52. The van der Waals surface area contributed by atoms with Gasteiger partial charge in [0.25, 0.3) is 15.9 Å². The molecular formula is C23H26N4O6S. The van der Waals surface area contributed by atoms with Crippen LogP contribution in [0.1, 0.15) is 31.2 Å². The van der Waals surface area contributed by atoms with Gasteiger partial charge in [-0.25, -0.2) is 13.2 Å². The number of carbonyl (C=O) groups is 3. The van der Waals surface area contributed by atoms with Crippen LogP contribution >= 0.6 is 0 Å². The topological polar surface area (TPSA) is 134 Å². The summed E-state index contributed by atoms with van der Waals surface area (Å²) in [5.74, 6) is -0.631. The zero-order valence-corrected chi connectivity index (χ0v) is 19.7. The summed E-state index contributed by atoms with van der Waals surface area (Å²) in [6.45, 7) is 1.25. The Labute approximate surface area is 197 Å². The summed E-state index contributed by atoms with van der Waals surface area (Å²) in [5.41, 5.74) is 0.256. The second-order valence-corrected chi connectivity index (χ2v) is 10.1. The van der Waals surface area contributed by atoms with Crippen molar-refractivity contribution in [1.29, 1.82) is 0 Å². The normalized spacial score (nSPS) is 17.1. The minimum atomic E-state index is -3.99. The molecule has 180 valence electrons. The smallest absolute Gasteiger partial charge is 0.325 e. The van der Waals surface area contributed by atoms with Crippen molar-refractivity contribution in [3.63, 3.8) is 0 Å². The van der Waals surface area contributed by atoms with Gasteiger partial charge in [-0.1, -0.05) is 31.0 Å². The minimum absolute atomic E-state index is 0.0702. The lowest BCUT2D eigenvalue weighted by atomic mass is 9.98. The van der Waals surface area contributed by atoms with E-state index < -0.39 is 34.0 Å². The highest BCUT2D eigenvalue weighted by molar-refractivity contribution is 7.92. The third kappa shape index (κ3) is 4.43. The molecule has 0 aromatic heterocycles. The summed E-state index contributed by atoms with van der Waals surface area (Å²) >= 11 is 0. The van der Waals surface area contributed by atoms with Crippen LogP contribution in [0.4, 0.5) is 16.2 Å². The molecule has 0 atom stereocenters. The Balaban J connectivity index is 1.49. The van der Waals surface area contributed by atoms with E-state index >= 15 is 0 Å². The molecule has 2 aromatic carbocycles. The molecule has 4 rings (SSSR count). The van der Waals surface area contributed by atoms with Gasteiger partial charge in [-0.15, -0.1) is 0 Å². The monoisotopic (exact) mass is 486 g/mol. The number of ether oxygens (including phenoxy) is 1. The van der Waals surface area contributed by atoms with Crippen LogP contribution in [0, 0.1) is 6.92 Å². The van der Waals surface area contributed by atoms with E-state index in [1.54, 1.807) is 37.3 Å². The van der Waals surface area contributed by atoms with E-state index in [0.717, 1.165) is 17.7 Å². The zero-order chi connectivity index (χ0) is 24.5. The third-order valence-electron chi connectivity index (χ3n) is 6.15. The number of aryl methyl sites for hydroxylation is 1. The first-order chi connectivity index (χ1) is 16.1. The Morgan fingerprint density at radius 3 is 2.53 bits per heavy atom. The Bertz CT molecular complexity index is 1250. The molecule has 4 amide bonds. The summed E-state index contributed by atoms with van der Waals surface area (Å²) < 4.78 is 33.6. The van der Waals surface area contributed by atoms with Crippen molar-refractivity contribution in [2.45, 2.75) is 43.0 Å². The van der Waals surface area contributed by atoms with E-state index in [1.165, 1.54) is 19.2 Å². The number of sulfonamides is 1. The second kappa shape index (κ2) is 8.98. The van der Waals surface area contributed by atoms with Crippen LogP contribution in [0.5, 0.6) is 5.75 Å². The van der Waals surface area contributed by atoms with Gasteiger partial charge in [-0.05, 0) is 49.6 Å². The summed E-state index contributed by atoms with van der Waals surface area (Å²) in [4.78, 5) is 38.6. The van der Waals surface area contributed by atoms with Crippen LogP contribution in [0.25, 0.3) is 0 Å². The Morgan fingerprint density at radius 2 is 1.82 bits per heavy atom. The van der Waals surface area contributed by atoms with Gasteiger partial charge in [0.2, 0.25) is 5.91 Å². The number of amides is 4. The minimum Gasteiger partial charge on any atom is -0.495 e. The lowest BCUT2D eigenvalue weighted by molar-refractivity contribution is -0.133. The molecule has 2 aliphatic rings. The van der Waals surface area contributed by atoms with Gasteiger partial charge in [0, 0.05) is 5.69 Å². The molecule has 3 N–H and O–H groups in total. The number of urea groups is 1. The van der Waals surface area contributed by atoms with Crippen molar-refractivity contribution in [1.82, 2.24) is 10.2 Å². The number of para-hydroxylation sites is 2. The van der Waals surface area contributed by atoms with E-state index in [0.29, 0.717) is 24.2 Å². The van der Waals surface area contributed by atoms with Crippen molar-refractivity contribution in [3.8, 4) is 5.75 Å². The number of hydrogen-bond donors (Lipinski definition) is 3. The molecular weight excluding hydrogens is 460 g/mol. The van der Waals surface area contributed by atoms with Gasteiger partial charge in [0.1, 0.15) is 17.8 Å². The van der Waals surface area contributed by atoms with Gasteiger partial charge >= 0.3 is 6.03 Å². The number of carbonyl (C=O) groups excluding carboxylic acids is 3. The number of imide groups is 1. The maximum Gasteiger partial charge on any atom is 0.325 e. The molecule has 1 saturated carbocycles. The number of rotatable bonds is 7. The molecule has 1 aliphatic heterocycles. The fraction of sp³-hybridized carbons (Fsp3) is 0.348. The van der Waals surface area contributed by atoms with E-state index in [4.69, 9.17) is 4.74 Å². The maximum absolute atomic E-state index is 12.9. The number of nitrogens with zero attached hydrogens (tertiary/aromatic N) is 1. The Hall–Kier alpha value is -3.60. The van der Waals surface area contributed by atoms with E-state index in [-0.39, 0.29) is 22.2 Å². The van der Waals surface area contributed by atoms with Crippen molar-refractivity contribution in [2.75, 3.05) is 23.7 Å². The molecule has 2 aromatic rings. The van der Waals surface area contributed by atoms with E-state index in [2.05, 4.69) is 15.4 Å². The van der Waals surface area contributed by atoms with Gasteiger partial charge in [0.05, 0.1) is 17.7 Å². The van der Waals surface area contributed by atoms with Gasteiger partial charge < -0.3 is 15.4 Å². The van der Waals surface area contributed by atoms with Crippen LogP contribution in [0.3, 0.4) is 0 Å². The highest BCUT2D eigenvalue weighted by atomic mass is 32.2. The fourth-order valence-electron chi connectivity index (χ4n) is 4.31. The molecule has 34 heavy (non-hydrogen) atoms. The molecule has 0 bridgehead atoms. The lowest BCUT2D eigenvalue weighted by Gasteiger charge is -2.20. The largest absolute Gasteiger partial charge is 0.495 e. The molecule has 0 radical (unpaired) electrons. The number of benzene rings is 2. The van der Waals surface area contributed by atoms with E-state index in [9.17, 15) is 22.8 Å². The molecule has 10 nitrogen and oxygen atoms in total. The lowest BCUT2D eigenvalue weighted by Crippen LogP contribution is -2.44. The predicted octanol–water partition coefficient (Wildman–Crippen LogP) is 2.61. The van der Waals surface area contributed by atoms with E-state index in [1.807, 2.05) is 0 Å². The number of nitrogens with one attached hydrogen (secondary N) is 3. The molecule has 1 spiro atoms. The summed E-state index contributed by atoms with van der Waals surface area (Å²) in [6, 6.07) is 10.3. The number of methoxy groups -OCH3 is 1. The number of anilines is 2. The van der Waals surface area contributed by atoms with Gasteiger partial charge in [0.15, 0.2) is 0 Å². The maximum atomic E-state index is 12.9. The van der Waals surface area contributed by atoms with Crippen molar-refractivity contribution in [3.05, 3.63) is 48.0 Å². The zero-order valence-electron chi connectivity index (χ0n) is 18.9. The highest BCUT2D eigenvalue weighted by Crippen LogP contribution is 2.35. The number of hydrogen-bond acceptors (Lipinski definition) is 6. The molecule has 1 saturated heterocycles. The van der Waals surface area contributed by atoms with Gasteiger partial charge in [-0.2, -0.15) is 0 Å².